The Morgan fingerprint density at radius 1 is 1.00 bits per heavy atom. The van der Waals surface area contributed by atoms with Crippen LogP contribution in [0.5, 0.6) is 0 Å². The van der Waals surface area contributed by atoms with Crippen LogP contribution in [-0.4, -0.2) is 40.8 Å². The van der Waals surface area contributed by atoms with E-state index in [1.54, 1.807) is 41.3 Å². The van der Waals surface area contributed by atoms with Gasteiger partial charge in [-0.3, -0.25) is 9.69 Å². The van der Waals surface area contributed by atoms with E-state index in [1.165, 1.54) is 18.4 Å². The predicted molar refractivity (Wildman–Crippen MR) is 164 cm³/mol. The maximum absolute atomic E-state index is 13.6. The Labute approximate surface area is 251 Å². The van der Waals surface area contributed by atoms with Gasteiger partial charge in [0.15, 0.2) is 6.10 Å². The van der Waals surface area contributed by atoms with Gasteiger partial charge in [-0.1, -0.05) is 61.0 Å². The molecule has 8 nitrogen and oxygen atoms in total. The van der Waals surface area contributed by atoms with E-state index in [9.17, 15) is 19.5 Å². The Kier molecular flexibility index (Phi) is 10.4. The van der Waals surface area contributed by atoms with Crippen LogP contribution in [0.25, 0.3) is 5.57 Å². The van der Waals surface area contributed by atoms with Crippen molar-refractivity contribution in [3.05, 3.63) is 106 Å². The number of aliphatic hydroxyl groups excluding tert-OH is 1. The van der Waals surface area contributed by atoms with Gasteiger partial charge in [0.1, 0.15) is 0 Å². The van der Waals surface area contributed by atoms with Crippen LogP contribution < -0.4 is 15.5 Å². The SMILES string of the molecule is CC1C=C(c2ccc(N(Cc3ccc(C(=O)NC[C@@H](O)C(=O)O)cc3)C(=O)N[C@@H](C)c3ccc(Cl)cc3)cc2)CCC1. The lowest BCUT2D eigenvalue weighted by atomic mass is 9.88. The second kappa shape index (κ2) is 14.2. The molecular weight excluding hydrogens is 554 g/mol. The van der Waals surface area contributed by atoms with Crippen LogP contribution in [0, 0.1) is 5.92 Å². The number of allylic oxidation sites excluding steroid dienone is 2. The number of anilines is 1. The standard InChI is InChI=1S/C33H36ClN3O5/c1-21-4-3-5-27(18-21)25-12-16-29(17-13-25)37(33(42)36-22(2)24-10-14-28(34)15-11-24)20-23-6-8-26(9-7-23)31(39)35-19-30(38)32(40)41/h6-18,21-22,30,38H,3-5,19-20H2,1-2H3,(H,35,39)(H,36,42)(H,40,41)/t21?,22-,30+/m0/s1. The lowest BCUT2D eigenvalue weighted by Gasteiger charge is -2.26. The second-order valence-corrected chi connectivity index (χ2v) is 11.1. The number of benzene rings is 3. The maximum atomic E-state index is 13.6. The van der Waals surface area contributed by atoms with E-state index >= 15 is 0 Å². The largest absolute Gasteiger partial charge is 0.479 e. The zero-order valence-corrected chi connectivity index (χ0v) is 24.5. The Morgan fingerprint density at radius 3 is 2.29 bits per heavy atom. The van der Waals surface area contributed by atoms with Gasteiger partial charge in [-0.2, -0.15) is 0 Å². The van der Waals surface area contributed by atoms with E-state index in [1.807, 2.05) is 31.2 Å². The molecule has 4 rings (SSSR count). The summed E-state index contributed by atoms with van der Waals surface area (Å²) in [4.78, 5) is 38.5. The average Bonchev–Trinajstić information content (AvgIpc) is 2.99. The first-order valence-corrected chi connectivity index (χ1v) is 14.4. The molecule has 1 aliphatic carbocycles. The van der Waals surface area contributed by atoms with Crippen molar-refractivity contribution in [2.45, 2.75) is 51.8 Å². The number of rotatable bonds is 10. The summed E-state index contributed by atoms with van der Waals surface area (Å²) in [6.45, 7) is 3.99. The number of hydrogen-bond donors (Lipinski definition) is 4. The van der Waals surface area contributed by atoms with Gasteiger partial charge >= 0.3 is 12.0 Å². The first-order valence-electron chi connectivity index (χ1n) is 14.0. The maximum Gasteiger partial charge on any atom is 0.334 e. The van der Waals surface area contributed by atoms with Crippen molar-refractivity contribution in [2.75, 3.05) is 11.4 Å². The molecule has 0 fully saturated rings. The van der Waals surface area contributed by atoms with E-state index in [0.717, 1.165) is 28.8 Å². The van der Waals surface area contributed by atoms with E-state index in [0.29, 0.717) is 16.5 Å². The van der Waals surface area contributed by atoms with Crippen molar-refractivity contribution in [3.8, 4) is 0 Å². The summed E-state index contributed by atoms with van der Waals surface area (Å²) in [6.07, 6.45) is 4.06. The molecule has 0 bridgehead atoms. The number of carbonyl (C=O) groups is 3. The molecule has 3 aromatic rings. The Morgan fingerprint density at radius 2 is 1.67 bits per heavy atom. The third-order valence-electron chi connectivity index (χ3n) is 7.39. The number of aliphatic carboxylic acids is 1. The molecule has 3 amide bonds. The molecule has 1 aliphatic rings. The highest BCUT2D eigenvalue weighted by molar-refractivity contribution is 6.30. The molecule has 0 aliphatic heterocycles. The van der Waals surface area contributed by atoms with Crippen molar-refractivity contribution < 1.29 is 24.6 Å². The van der Waals surface area contributed by atoms with Gasteiger partial charge in [0.25, 0.3) is 5.91 Å². The summed E-state index contributed by atoms with van der Waals surface area (Å²) >= 11 is 6.03. The highest BCUT2D eigenvalue weighted by Crippen LogP contribution is 2.31. The van der Waals surface area contributed by atoms with Crippen LogP contribution >= 0.6 is 11.6 Å². The minimum absolute atomic E-state index is 0.248. The fourth-order valence-electron chi connectivity index (χ4n) is 4.92. The highest BCUT2D eigenvalue weighted by atomic mass is 35.5. The van der Waals surface area contributed by atoms with E-state index in [2.05, 4.69) is 35.8 Å². The molecular formula is C33H36ClN3O5. The molecule has 0 spiro atoms. The molecule has 3 aromatic carbocycles. The van der Waals surface area contributed by atoms with Crippen molar-refractivity contribution in [1.29, 1.82) is 0 Å². The number of halogens is 1. The van der Waals surface area contributed by atoms with Crippen molar-refractivity contribution in [3.63, 3.8) is 0 Å². The van der Waals surface area contributed by atoms with Gasteiger partial charge in [-0.25, -0.2) is 9.59 Å². The molecule has 4 N–H and O–H groups in total. The minimum atomic E-state index is -1.68. The van der Waals surface area contributed by atoms with E-state index in [4.69, 9.17) is 16.7 Å². The third kappa shape index (κ3) is 8.21. The number of nitrogens with one attached hydrogen (secondary N) is 2. The van der Waals surface area contributed by atoms with Gasteiger partial charge < -0.3 is 20.8 Å². The average molecular weight is 590 g/mol. The number of hydrogen-bond acceptors (Lipinski definition) is 4. The summed E-state index contributed by atoms with van der Waals surface area (Å²) in [7, 11) is 0. The third-order valence-corrected chi connectivity index (χ3v) is 7.65. The number of carboxylic acids is 1. The van der Waals surface area contributed by atoms with Crippen molar-refractivity contribution >= 4 is 40.8 Å². The zero-order valence-electron chi connectivity index (χ0n) is 23.7. The molecule has 0 radical (unpaired) electrons. The van der Waals surface area contributed by atoms with E-state index < -0.39 is 24.5 Å². The van der Waals surface area contributed by atoms with Crippen LogP contribution in [0.15, 0.2) is 78.9 Å². The Hall–Kier alpha value is -4.14. The smallest absolute Gasteiger partial charge is 0.334 e. The summed E-state index contributed by atoms with van der Waals surface area (Å²) < 4.78 is 0. The quantitative estimate of drug-likeness (QED) is 0.225. The zero-order chi connectivity index (χ0) is 30.2. The fourth-order valence-corrected chi connectivity index (χ4v) is 5.05. The van der Waals surface area contributed by atoms with Gasteiger partial charge in [-0.15, -0.1) is 0 Å². The Balaban J connectivity index is 1.53. The molecule has 220 valence electrons. The Bertz CT molecular complexity index is 1420. The predicted octanol–water partition coefficient (Wildman–Crippen LogP) is 6.20. The second-order valence-electron chi connectivity index (χ2n) is 10.7. The summed E-state index contributed by atoms with van der Waals surface area (Å²) in [5.41, 5.74) is 5.24. The van der Waals surface area contributed by atoms with Crippen LogP contribution in [-0.2, 0) is 11.3 Å². The number of nitrogens with zero attached hydrogens (tertiary/aromatic N) is 1. The molecule has 42 heavy (non-hydrogen) atoms. The number of amides is 3. The summed E-state index contributed by atoms with van der Waals surface area (Å²) in [5.74, 6) is -1.36. The lowest BCUT2D eigenvalue weighted by molar-refractivity contribution is -0.146. The van der Waals surface area contributed by atoms with Crippen LogP contribution in [0.2, 0.25) is 5.02 Å². The van der Waals surface area contributed by atoms with Gasteiger partial charge in [-0.05, 0) is 90.8 Å². The number of carbonyl (C=O) groups excluding carboxylic acids is 2. The molecule has 0 saturated heterocycles. The molecule has 3 atom stereocenters. The first-order chi connectivity index (χ1) is 20.1. The summed E-state index contributed by atoms with van der Waals surface area (Å²) in [6, 6.07) is 21.5. The number of urea groups is 1. The van der Waals surface area contributed by atoms with Crippen LogP contribution in [0.3, 0.4) is 0 Å². The highest BCUT2D eigenvalue weighted by Gasteiger charge is 2.21. The van der Waals surface area contributed by atoms with Crippen LogP contribution in [0.1, 0.15) is 66.2 Å². The topological polar surface area (TPSA) is 119 Å². The minimum Gasteiger partial charge on any atom is -0.479 e. The number of aliphatic hydroxyl groups is 1. The number of carboxylic acid groups (broad SMARTS) is 1. The van der Waals surface area contributed by atoms with Crippen molar-refractivity contribution in [1.82, 2.24) is 10.6 Å². The fraction of sp³-hybridized carbons (Fsp3) is 0.303. The van der Waals surface area contributed by atoms with Gasteiger partial charge in [0, 0.05) is 16.3 Å². The molecule has 0 heterocycles. The van der Waals surface area contributed by atoms with Gasteiger partial charge in [0.05, 0.1) is 19.1 Å². The molecule has 0 saturated carbocycles. The molecule has 1 unspecified atom stereocenters. The van der Waals surface area contributed by atoms with Crippen molar-refractivity contribution in [2.24, 2.45) is 5.92 Å². The van der Waals surface area contributed by atoms with Crippen LogP contribution in [0.4, 0.5) is 10.5 Å². The normalized spacial score (nSPS) is 16.1. The molecule has 9 heteroatoms. The van der Waals surface area contributed by atoms with Gasteiger partial charge in [0.2, 0.25) is 0 Å². The monoisotopic (exact) mass is 589 g/mol. The lowest BCUT2D eigenvalue weighted by Crippen LogP contribution is -2.40. The molecule has 0 aromatic heterocycles. The summed E-state index contributed by atoms with van der Waals surface area (Å²) in [5, 5.41) is 24.3. The first kappa shape index (κ1) is 30.8. The van der Waals surface area contributed by atoms with E-state index in [-0.39, 0.29) is 18.6 Å².